The van der Waals surface area contributed by atoms with Crippen LogP contribution in [-0.4, -0.2) is 26.0 Å². The van der Waals surface area contributed by atoms with Crippen molar-refractivity contribution in [2.75, 3.05) is 20.0 Å². The first kappa shape index (κ1) is 15.7. The summed E-state index contributed by atoms with van der Waals surface area (Å²) in [6, 6.07) is 7.39. The van der Waals surface area contributed by atoms with Gasteiger partial charge in [-0.1, -0.05) is 18.2 Å². The first-order chi connectivity index (χ1) is 9.19. The predicted octanol–water partition coefficient (Wildman–Crippen LogP) is 3.36. The van der Waals surface area contributed by atoms with Crippen LogP contribution in [0.3, 0.4) is 0 Å². The molecule has 0 aliphatic rings. The number of carbonyl (C=O) groups excluding carboxylic acids is 1. The molecule has 1 aromatic rings. The molecule has 1 rings (SSSR count). The number of para-hydroxylation sites is 1. The normalized spacial score (nSPS) is 11.2. The van der Waals surface area contributed by atoms with Crippen molar-refractivity contribution in [2.45, 2.75) is 13.8 Å². The number of rotatable bonds is 7. The molecule has 0 spiro atoms. The highest BCUT2D eigenvalue weighted by Crippen LogP contribution is 2.23. The lowest BCUT2D eigenvalue weighted by Crippen LogP contribution is -2.04. The van der Waals surface area contributed by atoms with Gasteiger partial charge in [-0.3, -0.25) is 0 Å². The summed E-state index contributed by atoms with van der Waals surface area (Å²) in [6.45, 7) is 4.76. The van der Waals surface area contributed by atoms with Crippen molar-refractivity contribution in [3.8, 4) is 5.75 Å². The van der Waals surface area contributed by atoms with E-state index in [4.69, 9.17) is 14.2 Å². The molecule has 0 saturated carbocycles. The Morgan fingerprint density at radius 1 is 1.26 bits per heavy atom. The van der Waals surface area contributed by atoms with Gasteiger partial charge in [-0.15, -0.1) is 0 Å². The van der Waals surface area contributed by atoms with E-state index < -0.39 is 5.97 Å². The van der Waals surface area contributed by atoms with E-state index in [0.717, 1.165) is 5.56 Å². The van der Waals surface area contributed by atoms with Crippen molar-refractivity contribution in [2.24, 2.45) is 0 Å². The molecule has 5 heteroatoms. The molecular formula is C14H17BrO4. The molecule has 0 aliphatic carbocycles. The lowest BCUT2D eigenvalue weighted by atomic mass is 10.2. The fourth-order valence-electron chi connectivity index (χ4n) is 1.32. The smallest absolute Gasteiger partial charge is 0.345 e. The van der Waals surface area contributed by atoms with E-state index in [1.54, 1.807) is 13.0 Å². The van der Waals surface area contributed by atoms with Crippen molar-refractivity contribution in [3.63, 3.8) is 0 Å². The number of hydrogen-bond acceptors (Lipinski definition) is 4. The Balaban J connectivity index is 2.81. The molecule has 0 atom stereocenters. The molecule has 0 aromatic heterocycles. The van der Waals surface area contributed by atoms with Gasteiger partial charge in [0, 0.05) is 12.2 Å². The second kappa shape index (κ2) is 8.72. The fourth-order valence-corrected chi connectivity index (χ4v) is 1.68. The molecule has 0 N–H and O–H groups in total. The molecule has 0 heterocycles. The second-order valence-electron chi connectivity index (χ2n) is 3.51. The summed E-state index contributed by atoms with van der Waals surface area (Å²) < 4.78 is 15.9. The van der Waals surface area contributed by atoms with E-state index in [9.17, 15) is 4.79 Å². The van der Waals surface area contributed by atoms with Gasteiger partial charge in [0.2, 0.25) is 0 Å². The average Bonchev–Trinajstić information content (AvgIpc) is 2.41. The van der Waals surface area contributed by atoms with Gasteiger partial charge in [-0.05, 0) is 41.9 Å². The number of carbonyl (C=O) groups is 1. The van der Waals surface area contributed by atoms with Gasteiger partial charge in [0.15, 0.2) is 6.79 Å². The Hall–Kier alpha value is -1.33. The highest BCUT2D eigenvalue weighted by molar-refractivity contribution is 9.12. The summed E-state index contributed by atoms with van der Waals surface area (Å²) in [5.41, 5.74) is 0.780. The van der Waals surface area contributed by atoms with Crippen LogP contribution in [0.2, 0.25) is 0 Å². The second-order valence-corrected chi connectivity index (χ2v) is 4.36. The summed E-state index contributed by atoms with van der Waals surface area (Å²) in [6.07, 6.45) is 1.67. The van der Waals surface area contributed by atoms with Gasteiger partial charge in [-0.25, -0.2) is 4.79 Å². The van der Waals surface area contributed by atoms with Crippen LogP contribution in [0.1, 0.15) is 19.4 Å². The SMILES string of the molecule is CCOCOc1ccccc1/C=C(\Br)C(=O)OCC. The van der Waals surface area contributed by atoms with E-state index >= 15 is 0 Å². The van der Waals surface area contributed by atoms with Gasteiger partial charge in [0.05, 0.1) is 6.61 Å². The zero-order valence-corrected chi connectivity index (χ0v) is 12.6. The standard InChI is InChI=1S/C14H17BrO4/c1-3-17-10-19-13-8-6-5-7-11(13)9-12(15)14(16)18-4-2/h5-9H,3-4,10H2,1-2H3/b12-9-. The van der Waals surface area contributed by atoms with Crippen LogP contribution in [0, 0.1) is 0 Å². The van der Waals surface area contributed by atoms with E-state index in [2.05, 4.69) is 15.9 Å². The Labute approximate surface area is 121 Å². The minimum Gasteiger partial charge on any atom is -0.467 e. The number of ether oxygens (including phenoxy) is 3. The van der Waals surface area contributed by atoms with Gasteiger partial charge in [-0.2, -0.15) is 0 Å². The first-order valence-electron chi connectivity index (χ1n) is 6.02. The van der Waals surface area contributed by atoms with Crippen LogP contribution < -0.4 is 4.74 Å². The van der Waals surface area contributed by atoms with Crippen molar-refractivity contribution in [1.82, 2.24) is 0 Å². The monoisotopic (exact) mass is 328 g/mol. The average molecular weight is 329 g/mol. The van der Waals surface area contributed by atoms with Crippen LogP contribution in [0.15, 0.2) is 28.7 Å². The molecular weight excluding hydrogens is 312 g/mol. The maximum Gasteiger partial charge on any atom is 0.345 e. The Morgan fingerprint density at radius 3 is 2.68 bits per heavy atom. The van der Waals surface area contributed by atoms with Crippen LogP contribution >= 0.6 is 15.9 Å². The van der Waals surface area contributed by atoms with Gasteiger partial charge < -0.3 is 14.2 Å². The zero-order valence-electron chi connectivity index (χ0n) is 11.0. The molecule has 104 valence electrons. The summed E-state index contributed by atoms with van der Waals surface area (Å²) in [5.74, 6) is 0.249. The number of hydrogen-bond donors (Lipinski definition) is 0. The van der Waals surface area contributed by atoms with E-state index in [-0.39, 0.29) is 6.79 Å². The van der Waals surface area contributed by atoms with Crippen LogP contribution in [0.4, 0.5) is 0 Å². The number of halogens is 1. The molecule has 0 fully saturated rings. The summed E-state index contributed by atoms with van der Waals surface area (Å²) in [4.78, 5) is 11.5. The Morgan fingerprint density at radius 2 is 2.00 bits per heavy atom. The summed E-state index contributed by atoms with van der Waals surface area (Å²) in [7, 11) is 0. The molecule has 0 saturated heterocycles. The predicted molar refractivity (Wildman–Crippen MR) is 77.1 cm³/mol. The first-order valence-corrected chi connectivity index (χ1v) is 6.82. The lowest BCUT2D eigenvalue weighted by Gasteiger charge is -2.09. The summed E-state index contributed by atoms with van der Waals surface area (Å²) in [5, 5.41) is 0. The maximum absolute atomic E-state index is 11.5. The highest BCUT2D eigenvalue weighted by Gasteiger charge is 2.08. The van der Waals surface area contributed by atoms with Crippen molar-refractivity contribution in [3.05, 3.63) is 34.3 Å². The van der Waals surface area contributed by atoms with E-state index in [1.807, 2.05) is 31.2 Å². The Kier molecular flexibility index (Phi) is 7.22. The number of benzene rings is 1. The van der Waals surface area contributed by atoms with Gasteiger partial charge in [0.1, 0.15) is 10.2 Å². The van der Waals surface area contributed by atoms with Crippen molar-refractivity contribution < 1.29 is 19.0 Å². The molecule has 0 radical (unpaired) electrons. The molecule has 0 bridgehead atoms. The minimum absolute atomic E-state index is 0.179. The summed E-state index contributed by atoms with van der Waals surface area (Å²) >= 11 is 3.20. The molecule has 19 heavy (non-hydrogen) atoms. The van der Waals surface area contributed by atoms with E-state index in [1.165, 1.54) is 0 Å². The molecule has 4 nitrogen and oxygen atoms in total. The fraction of sp³-hybridized carbons (Fsp3) is 0.357. The Bertz CT molecular complexity index is 443. The van der Waals surface area contributed by atoms with E-state index in [0.29, 0.717) is 23.4 Å². The molecule has 1 aromatic carbocycles. The third kappa shape index (κ3) is 5.44. The highest BCUT2D eigenvalue weighted by atomic mass is 79.9. The third-order valence-corrected chi connectivity index (χ3v) is 2.73. The minimum atomic E-state index is -0.401. The number of esters is 1. The van der Waals surface area contributed by atoms with Crippen LogP contribution in [-0.2, 0) is 14.3 Å². The lowest BCUT2D eigenvalue weighted by molar-refractivity contribution is -0.137. The molecule has 0 unspecified atom stereocenters. The molecule has 0 amide bonds. The maximum atomic E-state index is 11.5. The quantitative estimate of drug-likeness (QED) is 0.333. The van der Waals surface area contributed by atoms with Crippen molar-refractivity contribution in [1.29, 1.82) is 0 Å². The largest absolute Gasteiger partial charge is 0.467 e. The van der Waals surface area contributed by atoms with Gasteiger partial charge >= 0.3 is 5.97 Å². The zero-order chi connectivity index (χ0) is 14.1. The van der Waals surface area contributed by atoms with Gasteiger partial charge in [0.25, 0.3) is 0 Å². The topological polar surface area (TPSA) is 44.8 Å². The van der Waals surface area contributed by atoms with Crippen LogP contribution in [0.5, 0.6) is 5.75 Å². The van der Waals surface area contributed by atoms with Crippen LogP contribution in [0.25, 0.3) is 6.08 Å². The third-order valence-electron chi connectivity index (χ3n) is 2.17. The molecule has 0 aliphatic heterocycles. The van der Waals surface area contributed by atoms with Crippen molar-refractivity contribution >= 4 is 28.0 Å².